The highest BCUT2D eigenvalue weighted by Crippen LogP contribution is 2.46. The summed E-state index contributed by atoms with van der Waals surface area (Å²) in [6.45, 7) is 5.38. The van der Waals surface area contributed by atoms with Crippen molar-refractivity contribution in [1.82, 2.24) is 0 Å². The van der Waals surface area contributed by atoms with E-state index in [1.165, 1.54) is 19.8 Å². The van der Waals surface area contributed by atoms with Crippen molar-refractivity contribution in [2.24, 2.45) is 0 Å². The minimum absolute atomic E-state index is 0.406. The van der Waals surface area contributed by atoms with Crippen LogP contribution in [0.25, 0.3) is 0 Å². The maximum absolute atomic E-state index is 11.2. The van der Waals surface area contributed by atoms with E-state index >= 15 is 0 Å². The summed E-state index contributed by atoms with van der Waals surface area (Å²) >= 11 is 18.0. The third-order valence-corrected chi connectivity index (χ3v) is 4.14. The number of carbonyl (C=O) groups is 1. The van der Waals surface area contributed by atoms with E-state index < -0.39 is 15.4 Å². The average molecular weight is 318 g/mol. The number of alkyl halides is 3. The molecule has 0 fully saturated rings. The third-order valence-electron chi connectivity index (χ3n) is 3.11. The van der Waals surface area contributed by atoms with Crippen molar-refractivity contribution in [2.45, 2.75) is 75.1 Å². The first-order valence-electron chi connectivity index (χ1n) is 6.55. The minimum atomic E-state index is -1.59. The third kappa shape index (κ3) is 5.99. The molecule has 0 aromatic rings. The van der Waals surface area contributed by atoms with Crippen LogP contribution in [0.1, 0.15) is 65.7 Å². The molecule has 1 unspecified atom stereocenters. The molecule has 2 nitrogen and oxygen atoms in total. The summed E-state index contributed by atoms with van der Waals surface area (Å²) < 4.78 is 3.74. The van der Waals surface area contributed by atoms with Crippen LogP contribution in [0.15, 0.2) is 0 Å². The first-order valence-corrected chi connectivity index (χ1v) is 7.68. The summed E-state index contributed by atoms with van der Waals surface area (Å²) in [4.78, 5) is 11.2. The van der Waals surface area contributed by atoms with Gasteiger partial charge in [-0.1, -0.05) is 74.3 Å². The minimum Gasteiger partial charge on any atom is -0.455 e. The van der Waals surface area contributed by atoms with Gasteiger partial charge in [0.1, 0.15) is 0 Å². The smallest absolute Gasteiger partial charge is 0.303 e. The van der Waals surface area contributed by atoms with Crippen LogP contribution in [0.2, 0.25) is 0 Å². The van der Waals surface area contributed by atoms with E-state index in [-0.39, 0.29) is 0 Å². The lowest BCUT2D eigenvalue weighted by Crippen LogP contribution is -2.46. The van der Waals surface area contributed by atoms with Gasteiger partial charge in [-0.3, -0.25) is 4.79 Å². The second-order valence-electron chi connectivity index (χ2n) is 4.60. The molecule has 0 bridgehead atoms. The molecule has 0 saturated carbocycles. The van der Waals surface area contributed by atoms with Crippen LogP contribution < -0.4 is 0 Å². The Bertz CT molecular complexity index is 251. The predicted molar refractivity (Wildman–Crippen MR) is 78.5 cm³/mol. The van der Waals surface area contributed by atoms with Crippen molar-refractivity contribution in [3.05, 3.63) is 0 Å². The molecule has 0 aliphatic rings. The quantitative estimate of drug-likeness (QED) is 0.339. The van der Waals surface area contributed by atoms with Crippen molar-refractivity contribution < 1.29 is 9.53 Å². The highest BCUT2D eigenvalue weighted by atomic mass is 35.6. The molecule has 0 rings (SSSR count). The van der Waals surface area contributed by atoms with Crippen LogP contribution in [0, 0.1) is 0 Å². The second-order valence-corrected chi connectivity index (χ2v) is 6.88. The number of esters is 1. The van der Waals surface area contributed by atoms with E-state index in [1.54, 1.807) is 0 Å². The Morgan fingerprint density at radius 2 is 1.61 bits per heavy atom. The van der Waals surface area contributed by atoms with Gasteiger partial charge in [-0.2, -0.15) is 0 Å². The van der Waals surface area contributed by atoms with Crippen LogP contribution in [-0.4, -0.2) is 15.4 Å². The Hall–Kier alpha value is 0.340. The van der Waals surface area contributed by atoms with Gasteiger partial charge in [0.05, 0.1) is 0 Å². The maximum atomic E-state index is 11.2. The number of ether oxygens (including phenoxy) is 1. The summed E-state index contributed by atoms with van der Waals surface area (Å²) in [5.41, 5.74) is -1.00. The number of hydrogen-bond donors (Lipinski definition) is 0. The van der Waals surface area contributed by atoms with E-state index in [4.69, 9.17) is 39.5 Å². The van der Waals surface area contributed by atoms with Gasteiger partial charge in [0, 0.05) is 6.92 Å². The Labute approximate surface area is 125 Å². The predicted octanol–water partition coefficient (Wildman–Crippen LogP) is 5.43. The fraction of sp³-hybridized carbons (Fsp3) is 0.923. The zero-order valence-corrected chi connectivity index (χ0v) is 13.7. The Kier molecular flexibility index (Phi) is 8.66. The zero-order chi connectivity index (χ0) is 14.2. The lowest BCUT2D eigenvalue weighted by atomic mass is 9.94. The van der Waals surface area contributed by atoms with E-state index in [1.807, 2.05) is 6.92 Å². The van der Waals surface area contributed by atoms with Gasteiger partial charge in [-0.05, 0) is 19.3 Å². The molecule has 0 saturated heterocycles. The first-order chi connectivity index (χ1) is 8.29. The number of carbonyl (C=O) groups excluding carboxylic acids is 1. The number of hydrogen-bond acceptors (Lipinski definition) is 2. The molecule has 0 N–H and O–H groups in total. The van der Waals surface area contributed by atoms with Gasteiger partial charge in [0.15, 0.2) is 5.60 Å². The van der Waals surface area contributed by atoms with Gasteiger partial charge in [-0.25, -0.2) is 0 Å². The molecule has 18 heavy (non-hydrogen) atoms. The normalized spacial score (nSPS) is 15.2. The molecule has 5 heteroatoms. The molecule has 1 atom stereocenters. The van der Waals surface area contributed by atoms with E-state index in [0.717, 1.165) is 19.3 Å². The van der Waals surface area contributed by atoms with E-state index in [0.29, 0.717) is 12.8 Å². The first kappa shape index (κ1) is 18.3. The van der Waals surface area contributed by atoms with Gasteiger partial charge in [0.25, 0.3) is 0 Å². The zero-order valence-electron chi connectivity index (χ0n) is 11.4. The fourth-order valence-electron chi connectivity index (χ4n) is 1.99. The molecule has 0 aliphatic carbocycles. The number of rotatable bonds is 8. The van der Waals surface area contributed by atoms with Crippen molar-refractivity contribution in [3.8, 4) is 0 Å². The molecule has 0 radical (unpaired) electrons. The van der Waals surface area contributed by atoms with E-state index in [2.05, 4.69) is 6.92 Å². The lowest BCUT2D eigenvalue weighted by molar-refractivity contribution is -0.158. The molecular weight excluding hydrogens is 294 g/mol. The molecule has 0 spiro atoms. The molecule has 0 aromatic heterocycles. The SMILES string of the molecule is CCCCCCCC(CC)(OC(C)=O)C(Cl)(Cl)Cl. The Morgan fingerprint density at radius 1 is 1.06 bits per heavy atom. The molecule has 0 heterocycles. The highest BCUT2D eigenvalue weighted by Gasteiger charge is 2.49. The van der Waals surface area contributed by atoms with Gasteiger partial charge >= 0.3 is 5.97 Å². The largest absolute Gasteiger partial charge is 0.455 e. The number of halogens is 3. The lowest BCUT2D eigenvalue weighted by Gasteiger charge is -2.38. The van der Waals surface area contributed by atoms with Crippen LogP contribution in [0.5, 0.6) is 0 Å². The highest BCUT2D eigenvalue weighted by molar-refractivity contribution is 6.68. The number of unbranched alkanes of at least 4 members (excludes halogenated alkanes) is 4. The molecule has 0 amide bonds. The fourth-order valence-corrected chi connectivity index (χ4v) is 2.79. The van der Waals surface area contributed by atoms with Crippen LogP contribution in [0.4, 0.5) is 0 Å². The summed E-state index contributed by atoms with van der Waals surface area (Å²) in [5.74, 6) is -0.406. The van der Waals surface area contributed by atoms with Crippen molar-refractivity contribution >= 4 is 40.8 Å². The van der Waals surface area contributed by atoms with Crippen molar-refractivity contribution in [3.63, 3.8) is 0 Å². The summed E-state index contributed by atoms with van der Waals surface area (Å²) in [7, 11) is 0. The van der Waals surface area contributed by atoms with Crippen LogP contribution in [-0.2, 0) is 9.53 Å². The monoisotopic (exact) mass is 316 g/mol. The maximum Gasteiger partial charge on any atom is 0.303 e. The Balaban J connectivity index is 4.51. The topological polar surface area (TPSA) is 26.3 Å². The van der Waals surface area contributed by atoms with Crippen molar-refractivity contribution in [1.29, 1.82) is 0 Å². The summed E-state index contributed by atoms with van der Waals surface area (Å²) in [6, 6.07) is 0. The van der Waals surface area contributed by atoms with Crippen LogP contribution >= 0.6 is 34.8 Å². The van der Waals surface area contributed by atoms with Crippen LogP contribution in [0.3, 0.4) is 0 Å². The van der Waals surface area contributed by atoms with E-state index in [9.17, 15) is 4.79 Å². The molecule has 0 aliphatic heterocycles. The summed E-state index contributed by atoms with van der Waals surface area (Å²) in [6.07, 6.45) is 6.61. The van der Waals surface area contributed by atoms with Gasteiger partial charge in [0.2, 0.25) is 3.79 Å². The standard InChI is InChI=1S/C13H23Cl3O2/c1-4-6-7-8-9-10-12(5-2,13(14,15)16)18-11(3)17/h4-10H2,1-3H3. The molecule has 0 aromatic carbocycles. The molecular formula is C13H23Cl3O2. The average Bonchev–Trinajstić information content (AvgIpc) is 2.25. The van der Waals surface area contributed by atoms with Gasteiger partial charge < -0.3 is 4.74 Å². The second kappa shape index (κ2) is 8.50. The molecule has 108 valence electrons. The van der Waals surface area contributed by atoms with Gasteiger partial charge in [-0.15, -0.1) is 0 Å². The Morgan fingerprint density at radius 3 is 2.00 bits per heavy atom. The summed E-state index contributed by atoms with van der Waals surface area (Å²) in [5, 5.41) is 0. The van der Waals surface area contributed by atoms with Crippen molar-refractivity contribution in [2.75, 3.05) is 0 Å².